The van der Waals surface area contributed by atoms with Gasteiger partial charge >= 0.3 is 0 Å². The maximum absolute atomic E-state index is 5.81. The van der Waals surface area contributed by atoms with E-state index in [0.717, 1.165) is 28.4 Å². The smallest absolute Gasteiger partial charge is 0.113 e. The SMILES string of the molecule is Clc1cnc(CNCC2CCSCC2)s1. The van der Waals surface area contributed by atoms with Gasteiger partial charge in [-0.1, -0.05) is 11.6 Å². The van der Waals surface area contributed by atoms with Gasteiger partial charge < -0.3 is 5.32 Å². The number of thiazole rings is 1. The van der Waals surface area contributed by atoms with Crippen LogP contribution in [0.3, 0.4) is 0 Å². The lowest BCUT2D eigenvalue weighted by atomic mass is 10.0. The average Bonchev–Trinajstić information content (AvgIpc) is 2.66. The Morgan fingerprint density at radius 2 is 2.27 bits per heavy atom. The van der Waals surface area contributed by atoms with E-state index in [-0.39, 0.29) is 0 Å². The van der Waals surface area contributed by atoms with Crippen LogP contribution in [0.4, 0.5) is 0 Å². The van der Waals surface area contributed by atoms with Crippen LogP contribution >= 0.6 is 34.7 Å². The first kappa shape index (κ1) is 11.7. The molecule has 0 unspecified atom stereocenters. The van der Waals surface area contributed by atoms with E-state index < -0.39 is 0 Å². The minimum atomic E-state index is 0.779. The summed E-state index contributed by atoms with van der Waals surface area (Å²) >= 11 is 9.45. The van der Waals surface area contributed by atoms with Gasteiger partial charge in [0.2, 0.25) is 0 Å². The monoisotopic (exact) mass is 262 g/mol. The third kappa shape index (κ3) is 3.94. The van der Waals surface area contributed by atoms with Gasteiger partial charge in [-0.05, 0) is 36.8 Å². The minimum absolute atomic E-state index is 0.779. The number of hydrogen-bond acceptors (Lipinski definition) is 4. The molecule has 1 saturated heterocycles. The number of hydrogen-bond donors (Lipinski definition) is 1. The molecule has 2 nitrogen and oxygen atoms in total. The fourth-order valence-corrected chi connectivity index (χ4v) is 3.83. The van der Waals surface area contributed by atoms with E-state index in [4.69, 9.17) is 11.6 Å². The third-order valence-corrected chi connectivity index (χ3v) is 4.74. The molecule has 2 heterocycles. The Hall–Kier alpha value is 0.230. The molecule has 1 aliphatic rings. The summed E-state index contributed by atoms with van der Waals surface area (Å²) in [6.07, 6.45) is 4.44. The highest BCUT2D eigenvalue weighted by Gasteiger charge is 2.13. The van der Waals surface area contributed by atoms with E-state index in [1.165, 1.54) is 24.3 Å². The zero-order chi connectivity index (χ0) is 10.5. The molecule has 84 valence electrons. The predicted octanol–water partition coefficient (Wildman–Crippen LogP) is 3.03. The van der Waals surface area contributed by atoms with Gasteiger partial charge in [-0.15, -0.1) is 11.3 Å². The highest BCUT2D eigenvalue weighted by atomic mass is 35.5. The quantitative estimate of drug-likeness (QED) is 0.903. The van der Waals surface area contributed by atoms with E-state index in [0.29, 0.717) is 0 Å². The number of thioether (sulfide) groups is 1. The molecular formula is C10H15ClN2S2. The molecule has 0 aromatic carbocycles. The van der Waals surface area contributed by atoms with Crippen molar-refractivity contribution in [3.63, 3.8) is 0 Å². The molecular weight excluding hydrogens is 248 g/mol. The number of nitrogens with one attached hydrogen (secondary N) is 1. The Bertz CT molecular complexity index is 297. The van der Waals surface area contributed by atoms with Crippen molar-refractivity contribution in [2.24, 2.45) is 5.92 Å². The molecule has 1 aliphatic heterocycles. The highest BCUT2D eigenvalue weighted by Crippen LogP contribution is 2.22. The number of halogens is 1. The molecule has 1 N–H and O–H groups in total. The Labute approximate surface area is 104 Å². The van der Waals surface area contributed by atoms with Crippen LogP contribution in [0.25, 0.3) is 0 Å². The van der Waals surface area contributed by atoms with Gasteiger partial charge in [0.1, 0.15) is 9.34 Å². The topological polar surface area (TPSA) is 24.9 Å². The Morgan fingerprint density at radius 1 is 1.47 bits per heavy atom. The van der Waals surface area contributed by atoms with Crippen molar-refractivity contribution in [2.75, 3.05) is 18.1 Å². The zero-order valence-electron chi connectivity index (χ0n) is 8.54. The molecule has 15 heavy (non-hydrogen) atoms. The van der Waals surface area contributed by atoms with Crippen molar-refractivity contribution in [2.45, 2.75) is 19.4 Å². The first-order chi connectivity index (χ1) is 7.34. The summed E-state index contributed by atoms with van der Waals surface area (Å²) in [5.41, 5.74) is 0. The van der Waals surface area contributed by atoms with E-state index in [9.17, 15) is 0 Å². The van der Waals surface area contributed by atoms with E-state index in [1.54, 1.807) is 17.5 Å². The van der Waals surface area contributed by atoms with Gasteiger partial charge in [0.25, 0.3) is 0 Å². The minimum Gasteiger partial charge on any atom is -0.310 e. The molecule has 0 atom stereocenters. The van der Waals surface area contributed by atoms with Gasteiger partial charge in [-0.3, -0.25) is 0 Å². The van der Waals surface area contributed by atoms with Crippen LogP contribution in [0.1, 0.15) is 17.8 Å². The second-order valence-corrected chi connectivity index (χ2v) is 6.72. The maximum Gasteiger partial charge on any atom is 0.113 e. The predicted molar refractivity (Wildman–Crippen MR) is 68.9 cm³/mol. The summed E-state index contributed by atoms with van der Waals surface area (Å²) in [6, 6.07) is 0. The molecule has 5 heteroatoms. The molecule has 0 amide bonds. The molecule has 0 radical (unpaired) electrons. The molecule has 0 bridgehead atoms. The summed E-state index contributed by atoms with van der Waals surface area (Å²) in [5.74, 6) is 3.52. The largest absolute Gasteiger partial charge is 0.310 e. The summed E-state index contributed by atoms with van der Waals surface area (Å²) in [5, 5.41) is 4.55. The Kier molecular flexibility index (Phi) is 4.75. The van der Waals surface area contributed by atoms with Gasteiger partial charge in [0.15, 0.2) is 0 Å². The number of aromatic nitrogens is 1. The molecule has 2 rings (SSSR count). The Balaban J connectivity index is 1.65. The molecule has 1 aromatic rings. The van der Waals surface area contributed by atoms with Gasteiger partial charge in [0, 0.05) is 6.54 Å². The van der Waals surface area contributed by atoms with Gasteiger partial charge in [0.05, 0.1) is 6.20 Å². The average molecular weight is 263 g/mol. The normalized spacial score (nSPS) is 18.2. The van der Waals surface area contributed by atoms with Crippen molar-refractivity contribution in [1.82, 2.24) is 10.3 Å². The van der Waals surface area contributed by atoms with Crippen LogP contribution in [-0.2, 0) is 6.54 Å². The van der Waals surface area contributed by atoms with E-state index >= 15 is 0 Å². The molecule has 1 fully saturated rings. The second kappa shape index (κ2) is 6.09. The number of nitrogens with zero attached hydrogens (tertiary/aromatic N) is 1. The number of rotatable bonds is 4. The fourth-order valence-electron chi connectivity index (χ4n) is 1.70. The highest BCUT2D eigenvalue weighted by molar-refractivity contribution is 7.99. The van der Waals surface area contributed by atoms with Crippen molar-refractivity contribution >= 4 is 34.7 Å². The van der Waals surface area contributed by atoms with Crippen LogP contribution < -0.4 is 5.32 Å². The summed E-state index contributed by atoms with van der Waals surface area (Å²) in [4.78, 5) is 4.22. The first-order valence-electron chi connectivity index (χ1n) is 5.23. The van der Waals surface area contributed by atoms with E-state index in [2.05, 4.69) is 22.1 Å². The lowest BCUT2D eigenvalue weighted by molar-refractivity contribution is 0.447. The second-order valence-electron chi connectivity index (χ2n) is 3.74. The molecule has 0 spiro atoms. The van der Waals surface area contributed by atoms with Crippen LogP contribution in [0.15, 0.2) is 6.20 Å². The van der Waals surface area contributed by atoms with Gasteiger partial charge in [-0.25, -0.2) is 4.98 Å². The van der Waals surface area contributed by atoms with Crippen molar-refractivity contribution in [3.8, 4) is 0 Å². The van der Waals surface area contributed by atoms with Crippen LogP contribution in [0.5, 0.6) is 0 Å². The standard InChI is InChI=1S/C10H15ClN2S2/c11-9-6-13-10(15-9)7-12-5-8-1-3-14-4-2-8/h6,8,12H,1-5,7H2. The summed E-state index contributed by atoms with van der Waals surface area (Å²) in [6.45, 7) is 1.98. The first-order valence-corrected chi connectivity index (χ1v) is 7.58. The zero-order valence-corrected chi connectivity index (χ0v) is 10.9. The van der Waals surface area contributed by atoms with Crippen LogP contribution in [0, 0.1) is 5.92 Å². The molecule has 0 aliphatic carbocycles. The lowest BCUT2D eigenvalue weighted by Crippen LogP contribution is -2.25. The van der Waals surface area contributed by atoms with Crippen molar-refractivity contribution < 1.29 is 0 Å². The summed E-state index contributed by atoms with van der Waals surface area (Å²) < 4.78 is 0.779. The molecule has 0 saturated carbocycles. The Morgan fingerprint density at radius 3 is 2.93 bits per heavy atom. The molecule has 1 aromatic heterocycles. The lowest BCUT2D eigenvalue weighted by Gasteiger charge is -2.21. The van der Waals surface area contributed by atoms with Crippen molar-refractivity contribution in [3.05, 3.63) is 15.5 Å². The van der Waals surface area contributed by atoms with E-state index in [1.807, 2.05) is 0 Å². The maximum atomic E-state index is 5.81. The van der Waals surface area contributed by atoms with Crippen LogP contribution in [-0.4, -0.2) is 23.0 Å². The fraction of sp³-hybridized carbons (Fsp3) is 0.700. The van der Waals surface area contributed by atoms with Crippen LogP contribution in [0.2, 0.25) is 4.34 Å². The van der Waals surface area contributed by atoms with Gasteiger partial charge in [-0.2, -0.15) is 11.8 Å². The van der Waals surface area contributed by atoms with Crippen molar-refractivity contribution in [1.29, 1.82) is 0 Å². The third-order valence-electron chi connectivity index (χ3n) is 2.58. The summed E-state index contributed by atoms with van der Waals surface area (Å²) in [7, 11) is 0.